The summed E-state index contributed by atoms with van der Waals surface area (Å²) >= 11 is 0. The maximum Gasteiger partial charge on any atom is 0.164 e. The van der Waals surface area contributed by atoms with E-state index < -0.39 is 5.60 Å². The van der Waals surface area contributed by atoms with Crippen molar-refractivity contribution in [1.82, 2.24) is 0 Å². The van der Waals surface area contributed by atoms with Crippen molar-refractivity contribution in [3.63, 3.8) is 0 Å². The lowest BCUT2D eigenvalue weighted by Crippen LogP contribution is -2.38. The predicted octanol–water partition coefficient (Wildman–Crippen LogP) is 4.08. The van der Waals surface area contributed by atoms with Crippen molar-refractivity contribution < 1.29 is 14.3 Å². The Morgan fingerprint density at radius 2 is 1.71 bits per heavy atom. The summed E-state index contributed by atoms with van der Waals surface area (Å²) in [4.78, 5) is 12.5. The SMILES string of the molecule is COC(C)(C)CCOC(C)(C)C(=O)CC1CC=CC=CC1. The largest absolute Gasteiger partial charge is 0.379 e. The van der Waals surface area contributed by atoms with Crippen LogP contribution in [0.5, 0.6) is 0 Å². The number of hydrogen-bond acceptors (Lipinski definition) is 3. The Balaban J connectivity index is 2.43. The van der Waals surface area contributed by atoms with Crippen LogP contribution in [0.2, 0.25) is 0 Å². The molecule has 1 aliphatic carbocycles. The van der Waals surface area contributed by atoms with E-state index in [-0.39, 0.29) is 11.4 Å². The molecule has 0 aromatic heterocycles. The van der Waals surface area contributed by atoms with Crippen molar-refractivity contribution in [2.45, 2.75) is 64.6 Å². The Labute approximate surface area is 129 Å². The smallest absolute Gasteiger partial charge is 0.164 e. The molecule has 0 amide bonds. The van der Waals surface area contributed by atoms with Crippen LogP contribution >= 0.6 is 0 Å². The zero-order chi connectivity index (χ0) is 15.9. The van der Waals surface area contributed by atoms with Crippen LogP contribution in [0.25, 0.3) is 0 Å². The first kappa shape index (κ1) is 18.1. The molecule has 0 radical (unpaired) electrons. The Hall–Kier alpha value is -0.930. The van der Waals surface area contributed by atoms with Crippen molar-refractivity contribution in [3.8, 4) is 0 Å². The van der Waals surface area contributed by atoms with Crippen molar-refractivity contribution in [3.05, 3.63) is 24.3 Å². The molecule has 0 spiro atoms. The number of methoxy groups -OCH3 is 1. The zero-order valence-corrected chi connectivity index (χ0v) is 14.1. The van der Waals surface area contributed by atoms with E-state index in [1.807, 2.05) is 27.7 Å². The fraction of sp³-hybridized carbons (Fsp3) is 0.722. The summed E-state index contributed by atoms with van der Waals surface area (Å²) in [5.74, 6) is 0.581. The summed E-state index contributed by atoms with van der Waals surface area (Å²) in [5, 5.41) is 0. The van der Waals surface area contributed by atoms with Crippen LogP contribution < -0.4 is 0 Å². The number of ether oxygens (including phenoxy) is 2. The van der Waals surface area contributed by atoms with Crippen molar-refractivity contribution in [1.29, 1.82) is 0 Å². The van der Waals surface area contributed by atoms with Gasteiger partial charge in [0, 0.05) is 13.5 Å². The van der Waals surface area contributed by atoms with Crippen LogP contribution in [-0.4, -0.2) is 30.7 Å². The number of hydrogen-bond donors (Lipinski definition) is 0. The molecular weight excluding hydrogens is 264 g/mol. The third kappa shape index (κ3) is 6.58. The summed E-state index contributed by atoms with van der Waals surface area (Å²) in [6.45, 7) is 8.32. The first-order chi connectivity index (χ1) is 9.77. The maximum absolute atomic E-state index is 12.5. The van der Waals surface area contributed by atoms with Gasteiger partial charge in [0.2, 0.25) is 0 Å². The van der Waals surface area contributed by atoms with Crippen LogP contribution in [0, 0.1) is 5.92 Å². The lowest BCUT2D eigenvalue weighted by atomic mass is 9.89. The van der Waals surface area contributed by atoms with Gasteiger partial charge < -0.3 is 9.47 Å². The van der Waals surface area contributed by atoms with E-state index in [1.165, 1.54) is 0 Å². The Kier molecular flexibility index (Phi) is 6.82. The second kappa shape index (κ2) is 7.90. The standard InChI is InChI=1S/C18H30O3/c1-17(2,20-5)12-13-21-18(3,4)16(19)14-15-10-8-6-7-9-11-15/h6-9,15H,10-14H2,1-5H3. The first-order valence-electron chi connectivity index (χ1n) is 7.81. The van der Waals surface area contributed by atoms with Gasteiger partial charge in [0.05, 0.1) is 12.2 Å². The summed E-state index contributed by atoms with van der Waals surface area (Å²) in [5.41, 5.74) is -0.931. The third-order valence-electron chi connectivity index (χ3n) is 4.19. The summed E-state index contributed by atoms with van der Waals surface area (Å²) in [6, 6.07) is 0. The molecule has 0 aromatic carbocycles. The Morgan fingerprint density at radius 1 is 1.14 bits per heavy atom. The highest BCUT2D eigenvalue weighted by Gasteiger charge is 2.30. The summed E-state index contributed by atoms with van der Waals surface area (Å²) < 4.78 is 11.2. The van der Waals surface area contributed by atoms with E-state index in [9.17, 15) is 4.79 Å². The fourth-order valence-electron chi connectivity index (χ4n) is 2.20. The molecule has 120 valence electrons. The molecule has 0 saturated heterocycles. The lowest BCUT2D eigenvalue weighted by molar-refractivity contribution is -0.143. The van der Waals surface area contributed by atoms with Gasteiger partial charge in [-0.2, -0.15) is 0 Å². The second-order valence-electron chi connectivity index (χ2n) is 6.89. The highest BCUT2D eigenvalue weighted by molar-refractivity contribution is 5.86. The van der Waals surface area contributed by atoms with E-state index in [4.69, 9.17) is 9.47 Å². The van der Waals surface area contributed by atoms with Crippen LogP contribution in [-0.2, 0) is 14.3 Å². The normalized spacial score (nSPS) is 17.0. The van der Waals surface area contributed by atoms with Gasteiger partial charge in [-0.25, -0.2) is 0 Å². The maximum atomic E-state index is 12.5. The number of rotatable bonds is 8. The number of carbonyl (C=O) groups is 1. The molecule has 0 aromatic rings. The quantitative estimate of drug-likeness (QED) is 0.676. The molecule has 0 unspecified atom stereocenters. The minimum Gasteiger partial charge on any atom is -0.379 e. The van der Waals surface area contributed by atoms with Gasteiger partial charge in [-0.1, -0.05) is 24.3 Å². The molecule has 21 heavy (non-hydrogen) atoms. The molecule has 3 nitrogen and oxygen atoms in total. The van der Waals surface area contributed by atoms with Crippen molar-refractivity contribution in [2.24, 2.45) is 5.92 Å². The van der Waals surface area contributed by atoms with E-state index in [2.05, 4.69) is 24.3 Å². The molecule has 1 rings (SSSR count). The minimum absolute atomic E-state index is 0.187. The van der Waals surface area contributed by atoms with E-state index >= 15 is 0 Å². The van der Waals surface area contributed by atoms with Gasteiger partial charge in [-0.15, -0.1) is 0 Å². The van der Waals surface area contributed by atoms with Crippen LogP contribution in [0.4, 0.5) is 0 Å². The van der Waals surface area contributed by atoms with Gasteiger partial charge >= 0.3 is 0 Å². The molecular formula is C18H30O3. The van der Waals surface area contributed by atoms with Gasteiger partial charge in [0.15, 0.2) is 5.78 Å². The molecule has 0 heterocycles. The molecule has 0 fully saturated rings. The van der Waals surface area contributed by atoms with E-state index in [0.29, 0.717) is 18.9 Å². The van der Waals surface area contributed by atoms with Gasteiger partial charge in [-0.05, 0) is 52.9 Å². The summed E-state index contributed by atoms with van der Waals surface area (Å²) in [7, 11) is 1.70. The van der Waals surface area contributed by atoms with Gasteiger partial charge in [-0.3, -0.25) is 4.79 Å². The molecule has 1 aliphatic rings. The van der Waals surface area contributed by atoms with Gasteiger partial charge in [0.1, 0.15) is 5.60 Å². The van der Waals surface area contributed by atoms with Crippen LogP contribution in [0.1, 0.15) is 53.4 Å². The molecule has 0 bridgehead atoms. The molecule has 0 aliphatic heterocycles. The fourth-order valence-corrected chi connectivity index (χ4v) is 2.20. The number of Topliss-reactive ketones (excluding diaryl/α,β-unsaturated/α-hetero) is 1. The average Bonchev–Trinajstić information content (AvgIpc) is 2.67. The number of ketones is 1. The molecule has 0 atom stereocenters. The molecule has 0 N–H and O–H groups in total. The van der Waals surface area contributed by atoms with E-state index in [0.717, 1.165) is 19.3 Å². The predicted molar refractivity (Wildman–Crippen MR) is 86.4 cm³/mol. The highest BCUT2D eigenvalue weighted by Crippen LogP contribution is 2.24. The highest BCUT2D eigenvalue weighted by atomic mass is 16.5. The van der Waals surface area contributed by atoms with Gasteiger partial charge in [0.25, 0.3) is 0 Å². The zero-order valence-electron chi connectivity index (χ0n) is 14.1. The molecule has 3 heteroatoms. The van der Waals surface area contributed by atoms with Crippen molar-refractivity contribution in [2.75, 3.05) is 13.7 Å². The Bertz CT molecular complexity index is 377. The number of carbonyl (C=O) groups excluding carboxylic acids is 1. The molecule has 0 saturated carbocycles. The monoisotopic (exact) mass is 294 g/mol. The summed E-state index contributed by atoms with van der Waals surface area (Å²) in [6.07, 6.45) is 11.7. The first-order valence-corrected chi connectivity index (χ1v) is 7.81. The van der Waals surface area contributed by atoms with Crippen LogP contribution in [0.15, 0.2) is 24.3 Å². The van der Waals surface area contributed by atoms with Crippen molar-refractivity contribution >= 4 is 5.78 Å². The van der Waals surface area contributed by atoms with E-state index in [1.54, 1.807) is 7.11 Å². The Morgan fingerprint density at radius 3 is 2.24 bits per heavy atom. The third-order valence-corrected chi connectivity index (χ3v) is 4.19. The topological polar surface area (TPSA) is 35.5 Å². The lowest BCUT2D eigenvalue weighted by Gasteiger charge is -2.28. The minimum atomic E-state index is -0.719. The second-order valence-corrected chi connectivity index (χ2v) is 6.89. The average molecular weight is 294 g/mol. The van der Waals surface area contributed by atoms with Crippen LogP contribution in [0.3, 0.4) is 0 Å². The number of allylic oxidation sites excluding steroid dienone is 4.